The number of fused-ring (bicyclic) bond motifs is 2. The maximum Gasteiger partial charge on any atom is 0.278 e. The van der Waals surface area contributed by atoms with E-state index < -0.39 is 0 Å². The van der Waals surface area contributed by atoms with E-state index in [1.807, 2.05) is 36.7 Å². The Bertz CT molecular complexity index is 1590. The molecule has 196 valence electrons. The molecule has 0 saturated heterocycles. The van der Waals surface area contributed by atoms with Crippen molar-refractivity contribution in [2.75, 3.05) is 18.4 Å². The van der Waals surface area contributed by atoms with E-state index in [1.54, 1.807) is 17.1 Å². The summed E-state index contributed by atoms with van der Waals surface area (Å²) in [5.41, 5.74) is 5.55. The summed E-state index contributed by atoms with van der Waals surface area (Å²) >= 11 is 0. The summed E-state index contributed by atoms with van der Waals surface area (Å²) < 4.78 is 3.61. The van der Waals surface area contributed by atoms with Gasteiger partial charge in [0.25, 0.3) is 5.56 Å². The van der Waals surface area contributed by atoms with Crippen LogP contribution in [0, 0.1) is 11.3 Å². The van der Waals surface area contributed by atoms with Gasteiger partial charge in [-0.1, -0.05) is 26.8 Å². The quantitative estimate of drug-likeness (QED) is 0.394. The van der Waals surface area contributed by atoms with Gasteiger partial charge >= 0.3 is 0 Å². The lowest BCUT2D eigenvalue weighted by molar-refractivity contribution is 0.260. The Kier molecular flexibility index (Phi) is 6.76. The lowest BCUT2D eigenvalue weighted by Crippen LogP contribution is -2.31. The molecule has 0 spiro atoms. The summed E-state index contributed by atoms with van der Waals surface area (Å²) in [6.07, 6.45) is 4.88. The summed E-state index contributed by atoms with van der Waals surface area (Å²) in [4.78, 5) is 29.6. The van der Waals surface area contributed by atoms with Gasteiger partial charge < -0.3 is 5.32 Å². The van der Waals surface area contributed by atoms with Crippen molar-refractivity contribution in [3.05, 3.63) is 69.9 Å². The smallest absolute Gasteiger partial charge is 0.278 e. The van der Waals surface area contributed by atoms with Crippen LogP contribution in [-0.4, -0.2) is 42.3 Å². The van der Waals surface area contributed by atoms with Crippen molar-refractivity contribution >= 4 is 22.7 Å². The van der Waals surface area contributed by atoms with Gasteiger partial charge in [0.05, 0.1) is 11.8 Å². The zero-order valence-corrected chi connectivity index (χ0v) is 22.7. The fraction of sp³-hybridized carbons (Fsp3) is 0.414. The number of hydrogen-bond acceptors (Lipinski definition) is 7. The standard InChI is InChI=1S/C29H34N8O/c1-19(2)36-27(38)24-17-32-28(34-26(24)37(36)23-9-12-31-25(16-23)29(3,4)5)33-22-8-7-21-18-35(13-6-11-30)14-10-20(21)15-22/h7-9,12,15-17,19H,6,10,13-14,18H2,1-5H3,(H,32,33,34). The van der Waals surface area contributed by atoms with Crippen LogP contribution in [0.15, 0.2) is 47.5 Å². The van der Waals surface area contributed by atoms with Crippen molar-refractivity contribution in [2.24, 2.45) is 0 Å². The highest BCUT2D eigenvalue weighted by molar-refractivity contribution is 5.77. The molecule has 0 fully saturated rings. The summed E-state index contributed by atoms with van der Waals surface area (Å²) in [6.45, 7) is 12.9. The van der Waals surface area contributed by atoms with Gasteiger partial charge in [0.2, 0.25) is 5.95 Å². The van der Waals surface area contributed by atoms with Gasteiger partial charge in [0.15, 0.2) is 5.65 Å². The van der Waals surface area contributed by atoms with Crippen LogP contribution in [0.1, 0.15) is 63.9 Å². The molecule has 0 amide bonds. The van der Waals surface area contributed by atoms with Crippen LogP contribution >= 0.6 is 0 Å². The second-order valence-corrected chi connectivity index (χ2v) is 11.2. The van der Waals surface area contributed by atoms with Crippen molar-refractivity contribution < 1.29 is 0 Å². The topological polar surface area (TPSA) is 105 Å². The van der Waals surface area contributed by atoms with Gasteiger partial charge in [0, 0.05) is 61.3 Å². The molecule has 1 aliphatic rings. The van der Waals surface area contributed by atoms with E-state index in [4.69, 9.17) is 10.2 Å². The Balaban J connectivity index is 1.52. The van der Waals surface area contributed by atoms with Crippen molar-refractivity contribution in [1.82, 2.24) is 29.2 Å². The molecule has 0 unspecified atom stereocenters. The predicted molar refractivity (Wildman–Crippen MR) is 149 cm³/mol. The van der Waals surface area contributed by atoms with E-state index in [2.05, 4.69) is 59.2 Å². The second kappa shape index (κ2) is 10.0. The molecule has 0 bridgehead atoms. The van der Waals surface area contributed by atoms with Crippen molar-refractivity contribution in [2.45, 2.75) is 65.5 Å². The summed E-state index contributed by atoms with van der Waals surface area (Å²) in [5, 5.41) is 12.7. The van der Waals surface area contributed by atoms with E-state index in [9.17, 15) is 4.79 Å². The number of anilines is 2. The Morgan fingerprint density at radius 3 is 2.68 bits per heavy atom. The lowest BCUT2D eigenvalue weighted by atomic mass is 9.91. The van der Waals surface area contributed by atoms with E-state index in [-0.39, 0.29) is 17.0 Å². The summed E-state index contributed by atoms with van der Waals surface area (Å²) in [7, 11) is 0. The van der Waals surface area contributed by atoms with Crippen LogP contribution in [0.25, 0.3) is 16.7 Å². The molecule has 0 aliphatic carbocycles. The van der Waals surface area contributed by atoms with Crippen molar-refractivity contribution in [3.8, 4) is 11.8 Å². The maximum atomic E-state index is 13.4. The summed E-state index contributed by atoms with van der Waals surface area (Å²) in [5.74, 6) is 0.434. The van der Waals surface area contributed by atoms with Gasteiger partial charge in [-0.05, 0) is 55.7 Å². The van der Waals surface area contributed by atoms with E-state index in [0.29, 0.717) is 23.4 Å². The molecule has 9 heteroatoms. The summed E-state index contributed by atoms with van der Waals surface area (Å²) in [6, 6.07) is 12.4. The van der Waals surface area contributed by atoms with E-state index in [1.165, 1.54) is 11.1 Å². The molecule has 3 aromatic heterocycles. The van der Waals surface area contributed by atoms with Gasteiger partial charge in [-0.15, -0.1) is 0 Å². The maximum absolute atomic E-state index is 13.4. The molecule has 38 heavy (non-hydrogen) atoms. The average molecular weight is 511 g/mol. The molecular formula is C29H34N8O. The first-order chi connectivity index (χ1) is 18.2. The largest absolute Gasteiger partial charge is 0.324 e. The fourth-order valence-electron chi connectivity index (χ4n) is 4.95. The Morgan fingerprint density at radius 2 is 1.95 bits per heavy atom. The Labute approximate surface area is 222 Å². The minimum absolute atomic E-state index is 0.0762. The minimum atomic E-state index is -0.136. The average Bonchev–Trinajstić information content (AvgIpc) is 3.18. The highest BCUT2D eigenvalue weighted by Gasteiger charge is 2.22. The highest BCUT2D eigenvalue weighted by Crippen LogP contribution is 2.27. The molecular weight excluding hydrogens is 476 g/mol. The zero-order valence-electron chi connectivity index (χ0n) is 22.7. The van der Waals surface area contributed by atoms with Gasteiger partial charge in [-0.2, -0.15) is 10.2 Å². The zero-order chi connectivity index (χ0) is 27.0. The van der Waals surface area contributed by atoms with Crippen LogP contribution < -0.4 is 10.9 Å². The normalized spacial score (nSPS) is 14.0. The third-order valence-corrected chi connectivity index (χ3v) is 6.96. The molecule has 1 N–H and O–H groups in total. The Morgan fingerprint density at radius 1 is 1.13 bits per heavy atom. The predicted octanol–water partition coefficient (Wildman–Crippen LogP) is 4.87. The molecule has 5 rings (SSSR count). The first kappa shape index (κ1) is 25.6. The Hall–Kier alpha value is -4.03. The molecule has 1 aromatic carbocycles. The highest BCUT2D eigenvalue weighted by atomic mass is 16.1. The van der Waals surface area contributed by atoms with E-state index in [0.717, 1.165) is 43.1 Å². The van der Waals surface area contributed by atoms with Gasteiger partial charge in [0.1, 0.15) is 5.39 Å². The molecule has 0 atom stereocenters. The SMILES string of the molecule is CC(C)n1c(=O)c2cnc(Nc3ccc4c(c3)CCN(CCC#N)C4)nc2n1-c1ccnc(C(C)(C)C)c1. The second-order valence-electron chi connectivity index (χ2n) is 11.2. The number of nitrogens with one attached hydrogen (secondary N) is 1. The van der Waals surface area contributed by atoms with E-state index >= 15 is 0 Å². The van der Waals surface area contributed by atoms with Crippen LogP contribution in [-0.2, 0) is 18.4 Å². The number of hydrogen-bond donors (Lipinski definition) is 1. The fourth-order valence-corrected chi connectivity index (χ4v) is 4.95. The van der Waals surface area contributed by atoms with Gasteiger partial charge in [-0.3, -0.25) is 14.7 Å². The number of rotatable bonds is 6. The molecule has 1 aliphatic heterocycles. The van der Waals surface area contributed by atoms with Gasteiger partial charge in [-0.25, -0.2) is 14.3 Å². The number of pyridine rings is 1. The number of benzene rings is 1. The molecule has 0 radical (unpaired) electrons. The number of nitriles is 1. The molecule has 4 heterocycles. The third kappa shape index (κ3) is 4.92. The third-order valence-electron chi connectivity index (χ3n) is 6.96. The van der Waals surface area contributed by atoms with Crippen LogP contribution in [0.5, 0.6) is 0 Å². The van der Waals surface area contributed by atoms with Crippen molar-refractivity contribution in [3.63, 3.8) is 0 Å². The number of aromatic nitrogens is 5. The first-order valence-electron chi connectivity index (χ1n) is 13.1. The van der Waals surface area contributed by atoms with Crippen LogP contribution in [0.3, 0.4) is 0 Å². The monoisotopic (exact) mass is 510 g/mol. The van der Waals surface area contributed by atoms with Crippen molar-refractivity contribution in [1.29, 1.82) is 5.26 Å². The van der Waals surface area contributed by atoms with Crippen LogP contribution in [0.4, 0.5) is 11.6 Å². The minimum Gasteiger partial charge on any atom is -0.324 e. The first-order valence-corrected chi connectivity index (χ1v) is 13.1. The van der Waals surface area contributed by atoms with Crippen LogP contribution in [0.2, 0.25) is 0 Å². The molecule has 0 saturated carbocycles. The molecule has 4 aromatic rings. The molecule has 9 nitrogen and oxygen atoms in total. The lowest BCUT2D eigenvalue weighted by Gasteiger charge is -2.28. The number of nitrogens with zero attached hydrogens (tertiary/aromatic N) is 7.